The Balaban J connectivity index is 2.07. The van der Waals surface area contributed by atoms with Gasteiger partial charge in [-0.3, -0.25) is 4.79 Å². The first-order valence-electron chi connectivity index (χ1n) is 6.80. The number of carbonyl (C=O) groups excluding carboxylic acids is 1. The highest BCUT2D eigenvalue weighted by molar-refractivity contribution is 7.99. The molecular weight excluding hydrogens is 292 g/mol. The third-order valence-electron chi connectivity index (χ3n) is 3.55. The Morgan fingerprint density at radius 2 is 2.15 bits per heavy atom. The number of thioether (sulfide) groups is 1. The van der Waals surface area contributed by atoms with Crippen molar-refractivity contribution >= 4 is 40.0 Å². The molecule has 0 aromatic carbocycles. The summed E-state index contributed by atoms with van der Waals surface area (Å²) < 4.78 is 0. The lowest BCUT2D eigenvalue weighted by atomic mass is 9.95. The molecule has 0 bridgehead atoms. The van der Waals surface area contributed by atoms with Crippen LogP contribution in [-0.4, -0.2) is 42.5 Å². The largest absolute Gasteiger partial charge is 0.382 e. The average Bonchev–Trinajstić information content (AvgIpc) is 2.82. The number of amides is 1. The number of nitrogens with one attached hydrogen (secondary N) is 1. The molecule has 1 fully saturated rings. The van der Waals surface area contributed by atoms with Gasteiger partial charge in [0.25, 0.3) is 5.91 Å². The minimum Gasteiger partial charge on any atom is -0.382 e. The molecule has 2 atom stereocenters. The van der Waals surface area contributed by atoms with Crippen LogP contribution in [0.3, 0.4) is 0 Å². The number of hydrogen-bond acceptors (Lipinski definition) is 6. The maximum Gasteiger partial charge on any atom is 0.265 e. The molecule has 2 unspecified atom stereocenters. The monoisotopic (exact) mass is 314 g/mol. The van der Waals surface area contributed by atoms with E-state index in [1.54, 1.807) is 0 Å². The summed E-state index contributed by atoms with van der Waals surface area (Å²) in [5.74, 6) is 0.242. The second-order valence-corrected chi connectivity index (χ2v) is 7.30. The van der Waals surface area contributed by atoms with Crippen LogP contribution in [0.5, 0.6) is 0 Å². The summed E-state index contributed by atoms with van der Waals surface area (Å²) in [6, 6.07) is 0.246. The molecule has 1 saturated carbocycles. The van der Waals surface area contributed by atoms with Gasteiger partial charge in [-0.25, -0.2) is 4.98 Å². The Bertz CT molecular complexity index is 475. The van der Waals surface area contributed by atoms with Crippen molar-refractivity contribution in [3.63, 3.8) is 0 Å². The van der Waals surface area contributed by atoms with Gasteiger partial charge >= 0.3 is 0 Å². The van der Waals surface area contributed by atoms with Crippen LogP contribution in [0, 0.1) is 0 Å². The van der Waals surface area contributed by atoms with Crippen molar-refractivity contribution in [2.24, 2.45) is 0 Å². The van der Waals surface area contributed by atoms with Crippen molar-refractivity contribution in [2.45, 2.75) is 37.0 Å². The van der Waals surface area contributed by atoms with Gasteiger partial charge in [-0.1, -0.05) is 24.2 Å². The highest BCUT2D eigenvalue weighted by Gasteiger charge is 2.27. The second kappa shape index (κ2) is 6.67. The van der Waals surface area contributed by atoms with Gasteiger partial charge < -0.3 is 16.0 Å². The normalized spacial score (nSPS) is 22.6. The quantitative estimate of drug-likeness (QED) is 0.891. The number of carbonyl (C=O) groups is 1. The van der Waals surface area contributed by atoms with Gasteiger partial charge in [-0.15, -0.1) is 0 Å². The average molecular weight is 314 g/mol. The Labute approximate surface area is 128 Å². The van der Waals surface area contributed by atoms with Crippen molar-refractivity contribution in [3.05, 3.63) is 4.88 Å². The lowest BCUT2D eigenvalue weighted by Gasteiger charge is -2.30. The summed E-state index contributed by atoms with van der Waals surface area (Å²) in [5.41, 5.74) is 5.86. The molecule has 0 saturated heterocycles. The number of anilines is 2. The summed E-state index contributed by atoms with van der Waals surface area (Å²) in [6.45, 7) is 0. The summed E-state index contributed by atoms with van der Waals surface area (Å²) in [7, 11) is 3.79. The van der Waals surface area contributed by atoms with Crippen molar-refractivity contribution in [3.8, 4) is 0 Å². The fourth-order valence-corrected chi connectivity index (χ4v) is 4.20. The van der Waals surface area contributed by atoms with Crippen molar-refractivity contribution in [1.82, 2.24) is 10.3 Å². The predicted molar refractivity (Wildman–Crippen MR) is 87.9 cm³/mol. The molecule has 1 amide bonds. The van der Waals surface area contributed by atoms with Crippen LogP contribution in [0.2, 0.25) is 0 Å². The fourth-order valence-electron chi connectivity index (χ4n) is 2.45. The maximum atomic E-state index is 12.4. The summed E-state index contributed by atoms with van der Waals surface area (Å²) in [4.78, 5) is 19.0. The summed E-state index contributed by atoms with van der Waals surface area (Å²) in [6.07, 6.45) is 6.78. The topological polar surface area (TPSA) is 71.2 Å². The van der Waals surface area contributed by atoms with E-state index in [1.165, 1.54) is 30.6 Å². The van der Waals surface area contributed by atoms with Crippen molar-refractivity contribution < 1.29 is 4.79 Å². The zero-order valence-corrected chi connectivity index (χ0v) is 13.8. The van der Waals surface area contributed by atoms with Crippen LogP contribution in [0.15, 0.2) is 0 Å². The molecule has 5 nitrogen and oxygen atoms in total. The first kappa shape index (κ1) is 15.4. The lowest BCUT2D eigenvalue weighted by Crippen LogP contribution is -2.43. The lowest BCUT2D eigenvalue weighted by molar-refractivity contribution is 0.0934. The van der Waals surface area contributed by atoms with E-state index in [0.717, 1.165) is 11.6 Å². The Morgan fingerprint density at radius 1 is 1.45 bits per heavy atom. The van der Waals surface area contributed by atoms with Gasteiger partial charge in [0, 0.05) is 25.4 Å². The molecule has 1 aliphatic rings. The third kappa shape index (κ3) is 3.38. The second-order valence-electron chi connectivity index (χ2n) is 5.24. The first-order valence-corrected chi connectivity index (χ1v) is 8.90. The first-order chi connectivity index (χ1) is 9.52. The highest BCUT2D eigenvalue weighted by Crippen LogP contribution is 2.30. The molecule has 1 aliphatic carbocycles. The zero-order chi connectivity index (χ0) is 14.7. The summed E-state index contributed by atoms with van der Waals surface area (Å²) in [5, 5.41) is 4.41. The molecule has 1 aromatic rings. The zero-order valence-electron chi connectivity index (χ0n) is 12.2. The van der Waals surface area contributed by atoms with Crippen LogP contribution >= 0.6 is 23.1 Å². The fraction of sp³-hybridized carbons (Fsp3) is 0.692. The summed E-state index contributed by atoms with van der Waals surface area (Å²) >= 11 is 3.18. The van der Waals surface area contributed by atoms with Crippen LogP contribution < -0.4 is 16.0 Å². The third-order valence-corrected chi connectivity index (χ3v) is 5.96. The van der Waals surface area contributed by atoms with Crippen LogP contribution in [0.25, 0.3) is 0 Å². The Hall–Kier alpha value is -0.950. The van der Waals surface area contributed by atoms with Gasteiger partial charge in [0.15, 0.2) is 5.13 Å². The number of hydrogen-bond donors (Lipinski definition) is 2. The molecule has 1 heterocycles. The van der Waals surface area contributed by atoms with E-state index in [-0.39, 0.29) is 11.9 Å². The van der Waals surface area contributed by atoms with E-state index < -0.39 is 0 Å². The predicted octanol–water partition coefficient (Wildman–Crippen LogP) is 2.20. The molecule has 0 aliphatic heterocycles. The van der Waals surface area contributed by atoms with E-state index in [1.807, 2.05) is 30.8 Å². The number of nitrogens with zero attached hydrogens (tertiary/aromatic N) is 2. The molecule has 0 spiro atoms. The maximum absolute atomic E-state index is 12.4. The molecule has 0 radical (unpaired) electrons. The van der Waals surface area contributed by atoms with Gasteiger partial charge in [0.05, 0.1) is 0 Å². The molecule has 112 valence electrons. The minimum absolute atomic E-state index is 0.0842. The van der Waals surface area contributed by atoms with Gasteiger partial charge in [0.2, 0.25) is 0 Å². The van der Waals surface area contributed by atoms with E-state index in [2.05, 4.69) is 16.6 Å². The minimum atomic E-state index is -0.0842. The smallest absolute Gasteiger partial charge is 0.265 e. The van der Waals surface area contributed by atoms with E-state index >= 15 is 0 Å². The molecule has 7 heteroatoms. The van der Waals surface area contributed by atoms with Gasteiger partial charge in [0.1, 0.15) is 10.7 Å². The van der Waals surface area contributed by atoms with Gasteiger partial charge in [-0.2, -0.15) is 11.8 Å². The highest BCUT2D eigenvalue weighted by atomic mass is 32.2. The standard InChI is InChI=1S/C13H22N4OS2/c1-17(2)13-16-11(14)10(20-13)12(18)15-8-6-4-5-7-9(8)19-3/h8-9H,4-7,14H2,1-3H3,(H,15,18). The number of rotatable bonds is 4. The van der Waals surface area contributed by atoms with Crippen molar-refractivity contribution in [1.29, 1.82) is 0 Å². The van der Waals surface area contributed by atoms with Crippen LogP contribution in [-0.2, 0) is 0 Å². The van der Waals surface area contributed by atoms with Crippen LogP contribution in [0.1, 0.15) is 35.4 Å². The number of nitrogen functional groups attached to an aromatic ring is 1. The Morgan fingerprint density at radius 3 is 2.75 bits per heavy atom. The molecule has 20 heavy (non-hydrogen) atoms. The SMILES string of the molecule is CSC1CCCCC1NC(=O)c1sc(N(C)C)nc1N. The number of thiazole rings is 1. The number of aromatic nitrogens is 1. The van der Waals surface area contributed by atoms with Crippen LogP contribution in [0.4, 0.5) is 10.9 Å². The van der Waals surface area contributed by atoms with E-state index in [4.69, 9.17) is 5.73 Å². The van der Waals surface area contributed by atoms with E-state index in [9.17, 15) is 4.79 Å². The Kier molecular flexibility index (Phi) is 5.15. The van der Waals surface area contributed by atoms with E-state index in [0.29, 0.717) is 15.9 Å². The molecule has 1 aromatic heterocycles. The number of nitrogens with two attached hydrogens (primary N) is 1. The molecule has 2 rings (SSSR count). The molecule has 3 N–H and O–H groups in total. The van der Waals surface area contributed by atoms with Gasteiger partial charge in [-0.05, 0) is 19.1 Å². The van der Waals surface area contributed by atoms with Crippen molar-refractivity contribution in [2.75, 3.05) is 31.0 Å². The molecular formula is C13H22N4OS2.